The van der Waals surface area contributed by atoms with Crippen LogP contribution in [0.1, 0.15) is 42.6 Å². The molecule has 0 radical (unpaired) electrons. The number of hydrogen-bond donors (Lipinski definition) is 3. The maximum absolute atomic E-state index is 11.5. The third-order valence-corrected chi connectivity index (χ3v) is 2.99. The van der Waals surface area contributed by atoms with Crippen molar-refractivity contribution in [3.05, 3.63) is 18.1 Å². The fourth-order valence-electron chi connectivity index (χ4n) is 2.12. The average molecular weight is 235 g/mol. The molecule has 1 fully saturated rings. The van der Waals surface area contributed by atoms with Crippen LogP contribution in [0.2, 0.25) is 0 Å². The van der Waals surface area contributed by atoms with Crippen molar-refractivity contribution in [2.75, 3.05) is 5.32 Å². The van der Waals surface area contributed by atoms with Gasteiger partial charge in [-0.15, -0.1) is 0 Å². The van der Waals surface area contributed by atoms with Gasteiger partial charge in [-0.1, -0.05) is 19.3 Å². The fourth-order valence-corrected chi connectivity index (χ4v) is 2.12. The molecular weight excluding hydrogens is 218 g/mol. The van der Waals surface area contributed by atoms with Crippen molar-refractivity contribution in [1.82, 2.24) is 15.4 Å². The number of carbonyl (C=O) groups excluding carboxylic acids is 1. The Kier molecular flexibility index (Phi) is 3.87. The van der Waals surface area contributed by atoms with Crippen LogP contribution in [0.3, 0.4) is 0 Å². The van der Waals surface area contributed by atoms with Crippen LogP contribution in [-0.4, -0.2) is 21.9 Å². The second-order valence-electron chi connectivity index (χ2n) is 4.21. The zero-order valence-electron chi connectivity index (χ0n) is 9.65. The second-order valence-corrected chi connectivity index (χ2v) is 4.21. The summed E-state index contributed by atoms with van der Waals surface area (Å²) in [5, 5.41) is 3.27. The molecule has 0 bridgehead atoms. The number of aromatic nitrogens is 2. The molecule has 17 heavy (non-hydrogen) atoms. The minimum Gasteiger partial charge on any atom is -0.365 e. The highest BCUT2D eigenvalue weighted by atomic mass is 16.2. The van der Waals surface area contributed by atoms with E-state index >= 15 is 0 Å². The van der Waals surface area contributed by atoms with Gasteiger partial charge in [-0.2, -0.15) is 0 Å². The Morgan fingerprint density at radius 3 is 2.65 bits per heavy atom. The number of amides is 1. The van der Waals surface area contributed by atoms with Crippen LogP contribution in [-0.2, 0) is 0 Å². The fraction of sp³-hybridized carbons (Fsp3) is 0.545. The third-order valence-electron chi connectivity index (χ3n) is 2.99. The summed E-state index contributed by atoms with van der Waals surface area (Å²) in [5.74, 6) is 5.21. The molecule has 4 N–H and O–H groups in total. The van der Waals surface area contributed by atoms with E-state index in [1.54, 1.807) is 6.20 Å². The highest BCUT2D eigenvalue weighted by molar-refractivity contribution is 5.96. The van der Waals surface area contributed by atoms with E-state index in [2.05, 4.69) is 20.7 Å². The van der Waals surface area contributed by atoms with Crippen molar-refractivity contribution >= 4 is 11.7 Å². The van der Waals surface area contributed by atoms with Gasteiger partial charge in [-0.05, 0) is 12.8 Å². The summed E-state index contributed by atoms with van der Waals surface area (Å²) in [5.41, 5.74) is 2.33. The van der Waals surface area contributed by atoms with Crippen LogP contribution in [0.4, 0.5) is 5.82 Å². The van der Waals surface area contributed by atoms with E-state index in [1.165, 1.54) is 25.5 Å². The van der Waals surface area contributed by atoms with Crippen LogP contribution < -0.4 is 16.6 Å². The molecule has 1 heterocycles. The summed E-state index contributed by atoms with van der Waals surface area (Å²) < 4.78 is 0. The number of anilines is 1. The Bertz CT molecular complexity index is 389. The first-order valence-electron chi connectivity index (χ1n) is 5.89. The molecule has 0 aromatic carbocycles. The van der Waals surface area contributed by atoms with Crippen molar-refractivity contribution in [2.45, 2.75) is 38.1 Å². The van der Waals surface area contributed by atoms with Crippen LogP contribution >= 0.6 is 0 Å². The standard InChI is InChI=1S/C11H17N5O/c12-16-11(17)9-10(14-7-6-13-9)15-8-4-2-1-3-5-8/h6-8H,1-5,12H2,(H,14,15)(H,16,17). The monoisotopic (exact) mass is 235 g/mol. The van der Waals surface area contributed by atoms with Crippen molar-refractivity contribution in [3.63, 3.8) is 0 Å². The Morgan fingerprint density at radius 2 is 1.94 bits per heavy atom. The summed E-state index contributed by atoms with van der Waals surface area (Å²) in [6, 6.07) is 0.379. The molecular formula is C11H17N5O. The van der Waals surface area contributed by atoms with E-state index in [0.29, 0.717) is 11.9 Å². The average Bonchev–Trinajstić information content (AvgIpc) is 2.40. The largest absolute Gasteiger partial charge is 0.365 e. The summed E-state index contributed by atoms with van der Waals surface area (Å²) in [6.07, 6.45) is 9.00. The number of nitrogen functional groups attached to an aromatic ring is 1. The minimum absolute atomic E-state index is 0.251. The SMILES string of the molecule is NNC(=O)c1nccnc1NC1CCCCC1. The van der Waals surface area contributed by atoms with Gasteiger partial charge in [0, 0.05) is 18.4 Å². The van der Waals surface area contributed by atoms with E-state index in [4.69, 9.17) is 5.84 Å². The lowest BCUT2D eigenvalue weighted by atomic mass is 9.95. The molecule has 2 rings (SSSR count). The van der Waals surface area contributed by atoms with Gasteiger partial charge < -0.3 is 5.32 Å². The van der Waals surface area contributed by atoms with E-state index < -0.39 is 5.91 Å². The van der Waals surface area contributed by atoms with Gasteiger partial charge in [0.2, 0.25) is 0 Å². The zero-order chi connectivity index (χ0) is 12.1. The first kappa shape index (κ1) is 11.8. The molecule has 1 aromatic rings. The molecule has 6 nitrogen and oxygen atoms in total. The number of carbonyl (C=O) groups is 1. The molecule has 1 saturated carbocycles. The smallest absolute Gasteiger partial charge is 0.287 e. The van der Waals surface area contributed by atoms with Crippen LogP contribution in [0.25, 0.3) is 0 Å². The van der Waals surface area contributed by atoms with Crippen LogP contribution in [0, 0.1) is 0 Å². The van der Waals surface area contributed by atoms with E-state index in [9.17, 15) is 4.79 Å². The molecule has 1 aliphatic rings. The zero-order valence-corrected chi connectivity index (χ0v) is 9.65. The molecule has 0 unspecified atom stereocenters. The Balaban J connectivity index is 2.11. The van der Waals surface area contributed by atoms with E-state index in [0.717, 1.165) is 12.8 Å². The lowest BCUT2D eigenvalue weighted by Crippen LogP contribution is -2.33. The molecule has 6 heteroatoms. The maximum Gasteiger partial charge on any atom is 0.287 e. The number of hydrazine groups is 1. The molecule has 1 aromatic heterocycles. The Labute approximate surface area is 100.0 Å². The number of nitrogens with zero attached hydrogens (tertiary/aromatic N) is 2. The van der Waals surface area contributed by atoms with Gasteiger partial charge in [-0.25, -0.2) is 15.8 Å². The predicted molar refractivity (Wildman–Crippen MR) is 64.2 cm³/mol. The van der Waals surface area contributed by atoms with Gasteiger partial charge in [0.05, 0.1) is 0 Å². The summed E-state index contributed by atoms with van der Waals surface area (Å²) in [4.78, 5) is 19.6. The van der Waals surface area contributed by atoms with E-state index in [1.807, 2.05) is 0 Å². The quantitative estimate of drug-likeness (QED) is 0.410. The lowest BCUT2D eigenvalue weighted by Gasteiger charge is -2.23. The predicted octanol–water partition coefficient (Wildman–Crippen LogP) is 0.825. The molecule has 1 aliphatic carbocycles. The lowest BCUT2D eigenvalue weighted by molar-refractivity contribution is 0.0949. The molecule has 1 amide bonds. The highest BCUT2D eigenvalue weighted by Crippen LogP contribution is 2.21. The third kappa shape index (κ3) is 2.91. The summed E-state index contributed by atoms with van der Waals surface area (Å²) in [6.45, 7) is 0. The van der Waals surface area contributed by atoms with Crippen LogP contribution in [0.15, 0.2) is 12.4 Å². The Morgan fingerprint density at radius 1 is 1.24 bits per heavy atom. The maximum atomic E-state index is 11.5. The van der Waals surface area contributed by atoms with Crippen molar-refractivity contribution in [3.8, 4) is 0 Å². The van der Waals surface area contributed by atoms with Crippen molar-refractivity contribution < 1.29 is 4.79 Å². The Hall–Kier alpha value is -1.69. The second kappa shape index (κ2) is 5.58. The van der Waals surface area contributed by atoms with E-state index in [-0.39, 0.29) is 5.69 Å². The first-order chi connectivity index (χ1) is 8.31. The molecule has 0 atom stereocenters. The summed E-state index contributed by atoms with van der Waals surface area (Å²) >= 11 is 0. The minimum atomic E-state index is -0.420. The molecule has 0 saturated heterocycles. The highest BCUT2D eigenvalue weighted by Gasteiger charge is 2.18. The molecule has 0 spiro atoms. The van der Waals surface area contributed by atoms with Gasteiger partial charge in [0.1, 0.15) is 0 Å². The first-order valence-corrected chi connectivity index (χ1v) is 5.89. The van der Waals surface area contributed by atoms with Gasteiger partial charge in [-0.3, -0.25) is 10.2 Å². The molecule has 0 aliphatic heterocycles. The molecule has 92 valence electrons. The van der Waals surface area contributed by atoms with Gasteiger partial charge in [0.25, 0.3) is 5.91 Å². The van der Waals surface area contributed by atoms with Crippen LogP contribution in [0.5, 0.6) is 0 Å². The summed E-state index contributed by atoms with van der Waals surface area (Å²) in [7, 11) is 0. The van der Waals surface area contributed by atoms with Gasteiger partial charge in [0.15, 0.2) is 11.5 Å². The topological polar surface area (TPSA) is 92.9 Å². The number of nitrogens with two attached hydrogens (primary N) is 1. The van der Waals surface area contributed by atoms with Crippen molar-refractivity contribution in [1.29, 1.82) is 0 Å². The van der Waals surface area contributed by atoms with Gasteiger partial charge >= 0.3 is 0 Å². The van der Waals surface area contributed by atoms with Crippen molar-refractivity contribution in [2.24, 2.45) is 5.84 Å². The number of hydrogen-bond acceptors (Lipinski definition) is 5. The number of nitrogens with one attached hydrogen (secondary N) is 2. The normalized spacial score (nSPS) is 16.5. The number of rotatable bonds is 3.